The highest BCUT2D eigenvalue weighted by Gasteiger charge is 2.07. The van der Waals surface area contributed by atoms with Crippen LogP contribution < -0.4 is 10.1 Å². The largest absolute Gasteiger partial charge is 0.496 e. The quantitative estimate of drug-likeness (QED) is 0.716. The van der Waals surface area contributed by atoms with Gasteiger partial charge in [0.2, 0.25) is 5.91 Å². The lowest BCUT2D eigenvalue weighted by molar-refractivity contribution is -0.111. The average molecular weight is 349 g/mol. The first-order valence-corrected chi connectivity index (χ1v) is 8.03. The van der Waals surface area contributed by atoms with Gasteiger partial charge >= 0.3 is 0 Å². The Balaban J connectivity index is 1.75. The molecule has 0 saturated heterocycles. The normalized spacial score (nSPS) is 10.9. The maximum absolute atomic E-state index is 12.3. The molecular formula is C19H19N5O2. The zero-order valence-corrected chi connectivity index (χ0v) is 14.8. The molecule has 7 heteroatoms. The maximum atomic E-state index is 12.3. The summed E-state index contributed by atoms with van der Waals surface area (Å²) in [6, 6.07) is 13.2. The first kappa shape index (κ1) is 17.3. The van der Waals surface area contributed by atoms with Gasteiger partial charge in [-0.25, -0.2) is 4.68 Å². The molecule has 0 aliphatic rings. The number of carbonyl (C=O) groups is 1. The van der Waals surface area contributed by atoms with Crippen molar-refractivity contribution < 1.29 is 9.53 Å². The summed E-state index contributed by atoms with van der Waals surface area (Å²) in [5.74, 6) is 1.11. The summed E-state index contributed by atoms with van der Waals surface area (Å²) in [7, 11) is 3.37. The van der Waals surface area contributed by atoms with Crippen molar-refractivity contribution >= 4 is 17.7 Å². The summed E-state index contributed by atoms with van der Waals surface area (Å²) in [5.41, 5.74) is 3.42. The topological polar surface area (TPSA) is 81.9 Å². The molecule has 26 heavy (non-hydrogen) atoms. The Morgan fingerprint density at radius 3 is 2.81 bits per heavy atom. The van der Waals surface area contributed by atoms with Gasteiger partial charge in [-0.3, -0.25) is 4.79 Å². The number of nitrogens with zero attached hydrogens (tertiary/aromatic N) is 4. The monoisotopic (exact) mass is 349 g/mol. The van der Waals surface area contributed by atoms with E-state index >= 15 is 0 Å². The minimum atomic E-state index is -0.234. The van der Waals surface area contributed by atoms with Crippen molar-refractivity contribution in [2.75, 3.05) is 12.4 Å². The van der Waals surface area contributed by atoms with E-state index in [1.54, 1.807) is 24.9 Å². The number of carbonyl (C=O) groups excluding carboxylic acids is 1. The van der Waals surface area contributed by atoms with E-state index in [0.717, 1.165) is 22.4 Å². The van der Waals surface area contributed by atoms with Crippen LogP contribution in [0.2, 0.25) is 0 Å². The van der Waals surface area contributed by atoms with E-state index in [2.05, 4.69) is 20.8 Å². The SMILES string of the molecule is COc1ccc(C)cc1/C=C/C(=O)Nc1cccc(-c2nnnn2C)c1. The first-order chi connectivity index (χ1) is 12.6. The van der Waals surface area contributed by atoms with Crippen molar-refractivity contribution in [1.82, 2.24) is 20.2 Å². The zero-order chi connectivity index (χ0) is 18.5. The molecule has 1 N–H and O–H groups in total. The number of hydrogen-bond donors (Lipinski definition) is 1. The molecule has 132 valence electrons. The van der Waals surface area contributed by atoms with Crippen molar-refractivity contribution in [2.45, 2.75) is 6.92 Å². The molecule has 0 aliphatic heterocycles. The molecule has 0 bridgehead atoms. The van der Waals surface area contributed by atoms with Crippen LogP contribution in [-0.2, 0) is 11.8 Å². The van der Waals surface area contributed by atoms with Crippen LogP contribution in [-0.4, -0.2) is 33.2 Å². The van der Waals surface area contributed by atoms with Crippen LogP contribution in [0.15, 0.2) is 48.5 Å². The molecule has 0 unspecified atom stereocenters. The van der Waals surface area contributed by atoms with Crippen LogP contribution in [0.25, 0.3) is 17.5 Å². The minimum Gasteiger partial charge on any atom is -0.496 e. The van der Waals surface area contributed by atoms with Crippen LogP contribution in [0.5, 0.6) is 5.75 Å². The van der Waals surface area contributed by atoms with Crippen molar-refractivity contribution in [1.29, 1.82) is 0 Å². The highest BCUT2D eigenvalue weighted by atomic mass is 16.5. The molecule has 0 spiro atoms. The number of aryl methyl sites for hydroxylation is 2. The minimum absolute atomic E-state index is 0.234. The van der Waals surface area contributed by atoms with Crippen LogP contribution in [0.4, 0.5) is 5.69 Å². The lowest BCUT2D eigenvalue weighted by Gasteiger charge is -2.06. The Kier molecular flexibility index (Phi) is 5.07. The predicted molar refractivity (Wildman–Crippen MR) is 99.6 cm³/mol. The van der Waals surface area contributed by atoms with Gasteiger partial charge in [0.25, 0.3) is 0 Å². The molecule has 0 radical (unpaired) electrons. The second-order valence-electron chi connectivity index (χ2n) is 5.77. The van der Waals surface area contributed by atoms with Gasteiger partial charge in [-0.2, -0.15) is 0 Å². The number of nitrogens with one attached hydrogen (secondary N) is 1. The Bertz CT molecular complexity index is 962. The molecule has 0 fully saturated rings. The van der Waals surface area contributed by atoms with E-state index in [9.17, 15) is 4.79 Å². The maximum Gasteiger partial charge on any atom is 0.248 e. The van der Waals surface area contributed by atoms with Crippen LogP contribution >= 0.6 is 0 Å². The molecule has 0 atom stereocenters. The molecule has 1 aromatic heterocycles. The molecule has 0 aliphatic carbocycles. The smallest absolute Gasteiger partial charge is 0.248 e. The predicted octanol–water partition coefficient (Wildman–Crippen LogP) is 2.85. The summed E-state index contributed by atoms with van der Waals surface area (Å²) in [4.78, 5) is 12.3. The number of amides is 1. The number of tetrazole rings is 1. The third kappa shape index (κ3) is 3.94. The van der Waals surface area contributed by atoms with E-state index in [1.165, 1.54) is 6.08 Å². The van der Waals surface area contributed by atoms with Gasteiger partial charge in [0.05, 0.1) is 7.11 Å². The van der Waals surface area contributed by atoms with Crippen molar-refractivity contribution in [2.24, 2.45) is 7.05 Å². The number of aromatic nitrogens is 4. The van der Waals surface area contributed by atoms with Crippen molar-refractivity contribution in [3.63, 3.8) is 0 Å². The fourth-order valence-electron chi connectivity index (χ4n) is 2.54. The number of methoxy groups -OCH3 is 1. The van der Waals surface area contributed by atoms with Gasteiger partial charge < -0.3 is 10.1 Å². The van der Waals surface area contributed by atoms with E-state index in [1.807, 2.05) is 49.4 Å². The van der Waals surface area contributed by atoms with Gasteiger partial charge in [0.1, 0.15) is 5.75 Å². The van der Waals surface area contributed by atoms with Gasteiger partial charge in [-0.15, -0.1) is 5.10 Å². The average Bonchev–Trinajstić information content (AvgIpc) is 3.06. The summed E-state index contributed by atoms with van der Waals surface area (Å²) in [6.45, 7) is 1.99. The van der Waals surface area contributed by atoms with Crippen LogP contribution in [0.3, 0.4) is 0 Å². The van der Waals surface area contributed by atoms with Gasteiger partial charge in [0, 0.05) is 29.9 Å². The second-order valence-corrected chi connectivity index (χ2v) is 5.77. The Labute approximate surface area is 151 Å². The highest BCUT2D eigenvalue weighted by molar-refractivity contribution is 6.02. The van der Waals surface area contributed by atoms with Crippen LogP contribution in [0, 0.1) is 6.92 Å². The Morgan fingerprint density at radius 2 is 2.08 bits per heavy atom. The summed E-state index contributed by atoms with van der Waals surface area (Å²) >= 11 is 0. The number of rotatable bonds is 5. The molecule has 1 amide bonds. The van der Waals surface area contributed by atoms with Crippen molar-refractivity contribution in [3.8, 4) is 17.1 Å². The van der Waals surface area contributed by atoms with Crippen LogP contribution in [0.1, 0.15) is 11.1 Å². The fourth-order valence-corrected chi connectivity index (χ4v) is 2.54. The first-order valence-electron chi connectivity index (χ1n) is 8.03. The third-order valence-corrected chi connectivity index (χ3v) is 3.81. The summed E-state index contributed by atoms with van der Waals surface area (Å²) in [5, 5.41) is 14.3. The second kappa shape index (κ2) is 7.60. The highest BCUT2D eigenvalue weighted by Crippen LogP contribution is 2.22. The van der Waals surface area contributed by atoms with E-state index in [0.29, 0.717) is 11.5 Å². The fraction of sp³-hybridized carbons (Fsp3) is 0.158. The standard InChI is InChI=1S/C19H19N5O2/c1-13-7-9-17(26-3)14(11-13)8-10-18(25)20-16-6-4-5-15(12-16)19-21-22-23-24(19)2/h4-12H,1-3H3,(H,20,25)/b10-8+. The third-order valence-electron chi connectivity index (χ3n) is 3.81. The van der Waals surface area contributed by atoms with Gasteiger partial charge in [-0.1, -0.05) is 23.8 Å². The number of hydrogen-bond acceptors (Lipinski definition) is 5. The van der Waals surface area contributed by atoms with E-state index in [-0.39, 0.29) is 5.91 Å². The molecule has 2 aromatic carbocycles. The van der Waals surface area contributed by atoms with Gasteiger partial charge in [-0.05, 0) is 47.7 Å². The molecule has 3 rings (SSSR count). The number of benzene rings is 2. The Hall–Kier alpha value is -3.48. The van der Waals surface area contributed by atoms with Crippen molar-refractivity contribution in [3.05, 3.63) is 59.7 Å². The molecular weight excluding hydrogens is 330 g/mol. The zero-order valence-electron chi connectivity index (χ0n) is 14.8. The van der Waals surface area contributed by atoms with E-state index in [4.69, 9.17) is 4.74 Å². The number of anilines is 1. The summed E-state index contributed by atoms with van der Waals surface area (Å²) < 4.78 is 6.89. The lowest BCUT2D eigenvalue weighted by Crippen LogP contribution is -2.08. The van der Waals surface area contributed by atoms with E-state index < -0.39 is 0 Å². The lowest BCUT2D eigenvalue weighted by atomic mass is 10.1. The molecule has 1 heterocycles. The molecule has 3 aromatic rings. The number of ether oxygens (including phenoxy) is 1. The molecule has 7 nitrogen and oxygen atoms in total. The Morgan fingerprint density at radius 1 is 1.23 bits per heavy atom. The summed E-state index contributed by atoms with van der Waals surface area (Å²) in [6.07, 6.45) is 3.21. The molecule has 0 saturated carbocycles. The van der Waals surface area contributed by atoms with Gasteiger partial charge in [0.15, 0.2) is 5.82 Å².